The van der Waals surface area contributed by atoms with E-state index in [1.165, 1.54) is 0 Å². The summed E-state index contributed by atoms with van der Waals surface area (Å²) in [6.07, 6.45) is 1.13. The standard InChI is InChI=1S/C24H32BrN3O5/c1-14(2)27-22(31)20-24-12-16(25)19(33-24)17(18(24)23(32)28(20)10-6-7-11-29)21(30)26-13-15-8-4-3-5-9-15/h3-5,8-9,14,16-20,29H,6-7,10-13H2,1-2H3,(H,26,30)(H,27,31)/t16?,17-,18-,19-,20?,24?/m0/s1. The lowest BCUT2D eigenvalue weighted by atomic mass is 9.70. The molecule has 3 aliphatic heterocycles. The van der Waals surface area contributed by atoms with E-state index in [4.69, 9.17) is 4.74 Å². The number of halogens is 1. The molecule has 0 aliphatic carbocycles. The number of carbonyl (C=O) groups is 3. The molecule has 3 heterocycles. The highest BCUT2D eigenvalue weighted by atomic mass is 79.9. The van der Waals surface area contributed by atoms with Gasteiger partial charge in [0, 0.05) is 30.6 Å². The second-order valence-electron chi connectivity index (χ2n) is 9.49. The van der Waals surface area contributed by atoms with Gasteiger partial charge in [-0.1, -0.05) is 46.3 Å². The fraction of sp³-hybridized carbons (Fsp3) is 0.625. The van der Waals surface area contributed by atoms with Crippen LogP contribution in [0.2, 0.25) is 0 Å². The van der Waals surface area contributed by atoms with Gasteiger partial charge in [0.2, 0.25) is 17.7 Å². The number of unbranched alkanes of at least 4 members (excludes halogenated alkanes) is 1. The van der Waals surface area contributed by atoms with Gasteiger partial charge in [0.15, 0.2) is 0 Å². The van der Waals surface area contributed by atoms with E-state index in [0.29, 0.717) is 32.4 Å². The summed E-state index contributed by atoms with van der Waals surface area (Å²) in [5.74, 6) is -2.07. The minimum Gasteiger partial charge on any atom is -0.396 e. The predicted molar refractivity (Wildman–Crippen MR) is 125 cm³/mol. The lowest BCUT2D eigenvalue weighted by Crippen LogP contribution is -2.57. The maximum atomic E-state index is 13.7. The quantitative estimate of drug-likeness (QED) is 0.335. The first-order valence-corrected chi connectivity index (χ1v) is 12.6. The molecule has 3 fully saturated rings. The number of aliphatic hydroxyl groups is 1. The first-order chi connectivity index (χ1) is 15.8. The van der Waals surface area contributed by atoms with E-state index < -0.39 is 29.6 Å². The molecule has 3 amide bonds. The number of hydrogen-bond acceptors (Lipinski definition) is 5. The van der Waals surface area contributed by atoms with Gasteiger partial charge in [0.25, 0.3) is 0 Å². The van der Waals surface area contributed by atoms with Crippen molar-refractivity contribution < 1.29 is 24.2 Å². The van der Waals surface area contributed by atoms with Crippen LogP contribution >= 0.6 is 15.9 Å². The van der Waals surface area contributed by atoms with E-state index in [2.05, 4.69) is 26.6 Å². The summed E-state index contributed by atoms with van der Waals surface area (Å²) >= 11 is 3.66. The zero-order valence-electron chi connectivity index (χ0n) is 19.0. The number of fused-ring (bicyclic) bond motifs is 1. The highest BCUT2D eigenvalue weighted by Gasteiger charge is 2.76. The van der Waals surface area contributed by atoms with Gasteiger partial charge in [0.1, 0.15) is 11.6 Å². The van der Waals surface area contributed by atoms with Crippen LogP contribution in [0.15, 0.2) is 30.3 Å². The molecule has 180 valence electrons. The van der Waals surface area contributed by atoms with Crippen molar-refractivity contribution in [2.24, 2.45) is 11.8 Å². The predicted octanol–water partition coefficient (Wildman–Crippen LogP) is 1.35. The molecule has 0 aromatic heterocycles. The molecular weight excluding hydrogens is 490 g/mol. The van der Waals surface area contributed by atoms with Crippen molar-refractivity contribution in [2.45, 2.75) is 68.3 Å². The van der Waals surface area contributed by atoms with E-state index in [9.17, 15) is 19.5 Å². The molecule has 1 aromatic carbocycles. The van der Waals surface area contributed by atoms with Crippen LogP contribution in [0.25, 0.3) is 0 Å². The van der Waals surface area contributed by atoms with Gasteiger partial charge >= 0.3 is 0 Å². The summed E-state index contributed by atoms with van der Waals surface area (Å²) in [7, 11) is 0. The van der Waals surface area contributed by atoms with Crippen molar-refractivity contribution in [2.75, 3.05) is 13.2 Å². The molecule has 1 spiro atoms. The molecule has 3 unspecified atom stereocenters. The summed E-state index contributed by atoms with van der Waals surface area (Å²) < 4.78 is 6.42. The Morgan fingerprint density at radius 2 is 1.97 bits per heavy atom. The maximum Gasteiger partial charge on any atom is 0.246 e. The Kier molecular flexibility index (Phi) is 7.12. The van der Waals surface area contributed by atoms with E-state index >= 15 is 0 Å². The number of rotatable bonds is 9. The van der Waals surface area contributed by atoms with Crippen LogP contribution in [0.5, 0.6) is 0 Å². The van der Waals surface area contributed by atoms with Gasteiger partial charge in [-0.2, -0.15) is 0 Å². The fourth-order valence-electron chi connectivity index (χ4n) is 5.63. The van der Waals surface area contributed by atoms with E-state index in [0.717, 1.165) is 5.56 Å². The van der Waals surface area contributed by atoms with Crippen molar-refractivity contribution in [3.05, 3.63) is 35.9 Å². The summed E-state index contributed by atoms with van der Waals surface area (Å²) in [5.41, 5.74) is -0.0688. The summed E-state index contributed by atoms with van der Waals surface area (Å²) in [4.78, 5) is 41.8. The molecule has 1 aromatic rings. The molecule has 4 rings (SSSR count). The monoisotopic (exact) mass is 521 g/mol. The van der Waals surface area contributed by atoms with Crippen molar-refractivity contribution in [1.29, 1.82) is 0 Å². The summed E-state index contributed by atoms with van der Waals surface area (Å²) in [6.45, 7) is 4.47. The average molecular weight is 522 g/mol. The second kappa shape index (κ2) is 9.72. The molecule has 2 bridgehead atoms. The number of benzene rings is 1. The van der Waals surface area contributed by atoms with Crippen molar-refractivity contribution in [3.8, 4) is 0 Å². The first kappa shape index (κ1) is 24.2. The third kappa shape index (κ3) is 4.31. The second-order valence-corrected chi connectivity index (χ2v) is 10.7. The summed E-state index contributed by atoms with van der Waals surface area (Å²) in [5, 5.41) is 15.1. The molecule has 3 aliphatic rings. The largest absolute Gasteiger partial charge is 0.396 e. The Bertz CT molecular complexity index is 897. The lowest BCUT2D eigenvalue weighted by Gasteiger charge is -2.34. The number of alkyl halides is 1. The van der Waals surface area contributed by atoms with E-state index in [1.54, 1.807) is 4.90 Å². The molecule has 6 atom stereocenters. The highest BCUT2D eigenvalue weighted by molar-refractivity contribution is 9.09. The molecule has 8 nitrogen and oxygen atoms in total. The summed E-state index contributed by atoms with van der Waals surface area (Å²) in [6, 6.07) is 8.71. The SMILES string of the molecule is CC(C)NC(=O)C1N(CCCCO)C(=O)[C@@H]2[C@H](C(=O)NCc3ccccc3)[C@H]3OC12CC3Br. The molecule has 9 heteroatoms. The third-order valence-corrected chi connectivity index (χ3v) is 7.73. The zero-order valence-corrected chi connectivity index (χ0v) is 20.6. The number of nitrogens with zero attached hydrogens (tertiary/aromatic N) is 1. The first-order valence-electron chi connectivity index (χ1n) is 11.7. The highest BCUT2D eigenvalue weighted by Crippen LogP contribution is 2.60. The van der Waals surface area contributed by atoms with Crippen LogP contribution in [0.4, 0.5) is 0 Å². The average Bonchev–Trinajstić information content (AvgIpc) is 3.36. The van der Waals surface area contributed by atoms with Gasteiger partial charge in [0.05, 0.1) is 17.9 Å². The van der Waals surface area contributed by atoms with Gasteiger partial charge < -0.3 is 25.4 Å². The lowest BCUT2D eigenvalue weighted by molar-refractivity contribution is -0.142. The number of ether oxygens (including phenoxy) is 1. The van der Waals surface area contributed by atoms with Crippen LogP contribution in [-0.2, 0) is 25.7 Å². The molecule has 3 N–H and O–H groups in total. The van der Waals surface area contributed by atoms with Crippen molar-refractivity contribution in [3.63, 3.8) is 0 Å². The Hall–Kier alpha value is -1.97. The van der Waals surface area contributed by atoms with Gasteiger partial charge in [-0.25, -0.2) is 0 Å². The molecule has 3 saturated heterocycles. The van der Waals surface area contributed by atoms with Crippen LogP contribution < -0.4 is 10.6 Å². The zero-order chi connectivity index (χ0) is 23.8. The van der Waals surface area contributed by atoms with Crippen LogP contribution in [-0.4, -0.2) is 69.5 Å². The number of aliphatic hydroxyl groups excluding tert-OH is 1. The Morgan fingerprint density at radius 1 is 1.24 bits per heavy atom. The van der Waals surface area contributed by atoms with Crippen molar-refractivity contribution in [1.82, 2.24) is 15.5 Å². The topological polar surface area (TPSA) is 108 Å². The van der Waals surface area contributed by atoms with Crippen LogP contribution in [0.3, 0.4) is 0 Å². The van der Waals surface area contributed by atoms with Gasteiger partial charge in [-0.15, -0.1) is 0 Å². The fourth-order valence-corrected chi connectivity index (χ4v) is 6.57. The number of amides is 3. The number of likely N-dealkylation sites (tertiary alicyclic amines) is 1. The molecule has 33 heavy (non-hydrogen) atoms. The minimum atomic E-state index is -1.04. The third-order valence-electron chi connectivity index (χ3n) is 6.89. The minimum absolute atomic E-state index is 0.0199. The Morgan fingerprint density at radius 3 is 2.64 bits per heavy atom. The van der Waals surface area contributed by atoms with Crippen molar-refractivity contribution >= 4 is 33.7 Å². The Labute approximate surface area is 202 Å². The normalized spacial score (nSPS) is 32.3. The number of hydrogen-bond donors (Lipinski definition) is 3. The maximum absolute atomic E-state index is 13.7. The van der Waals surface area contributed by atoms with Crippen LogP contribution in [0.1, 0.15) is 38.7 Å². The van der Waals surface area contributed by atoms with E-state index in [-0.39, 0.29) is 35.2 Å². The number of nitrogens with one attached hydrogen (secondary N) is 2. The van der Waals surface area contributed by atoms with E-state index in [1.807, 2.05) is 44.2 Å². The smallest absolute Gasteiger partial charge is 0.246 e. The van der Waals surface area contributed by atoms with Crippen LogP contribution in [0, 0.1) is 11.8 Å². The number of carbonyl (C=O) groups excluding carboxylic acids is 3. The Balaban J connectivity index is 1.61. The van der Waals surface area contributed by atoms with Gasteiger partial charge in [-0.3, -0.25) is 14.4 Å². The van der Waals surface area contributed by atoms with Gasteiger partial charge in [-0.05, 0) is 38.7 Å². The molecule has 0 saturated carbocycles. The molecular formula is C24H32BrN3O5. The molecule has 0 radical (unpaired) electrons.